The van der Waals surface area contributed by atoms with Crippen molar-refractivity contribution in [1.82, 2.24) is 0 Å². The summed E-state index contributed by atoms with van der Waals surface area (Å²) in [6, 6.07) is 5.17. The van der Waals surface area contributed by atoms with Crippen LogP contribution in [0.5, 0.6) is 0 Å². The maximum Gasteiger partial charge on any atom is 0.0670 e. The van der Waals surface area contributed by atoms with E-state index in [9.17, 15) is 0 Å². The van der Waals surface area contributed by atoms with Gasteiger partial charge >= 0.3 is 0 Å². The van der Waals surface area contributed by atoms with E-state index in [1.54, 1.807) is 0 Å². The molecule has 2 heteroatoms. The van der Waals surface area contributed by atoms with E-state index in [0.717, 1.165) is 6.61 Å². The second-order valence-corrected chi connectivity index (χ2v) is 7.09. The van der Waals surface area contributed by atoms with Crippen molar-refractivity contribution in [3.8, 4) is 0 Å². The molecular formula is C19H29NO. The van der Waals surface area contributed by atoms with Crippen LogP contribution in [0.4, 0.5) is 5.69 Å². The van der Waals surface area contributed by atoms with E-state index in [-0.39, 0.29) is 0 Å². The van der Waals surface area contributed by atoms with Gasteiger partial charge < -0.3 is 10.1 Å². The lowest BCUT2D eigenvalue weighted by Gasteiger charge is -2.54. The number of rotatable bonds is 4. The zero-order chi connectivity index (χ0) is 15.0. The first-order valence-electron chi connectivity index (χ1n) is 8.53. The molecule has 2 saturated carbocycles. The first-order valence-corrected chi connectivity index (χ1v) is 8.53. The summed E-state index contributed by atoms with van der Waals surface area (Å²) in [5.41, 5.74) is 5.86. The molecule has 1 aromatic rings. The minimum Gasteiger partial charge on any atom is -0.381 e. The fourth-order valence-electron chi connectivity index (χ4n) is 4.67. The van der Waals surface area contributed by atoms with Gasteiger partial charge in [-0.25, -0.2) is 0 Å². The first-order chi connectivity index (χ1) is 10.1. The molecule has 116 valence electrons. The lowest BCUT2D eigenvalue weighted by Crippen LogP contribution is -2.60. The van der Waals surface area contributed by atoms with Gasteiger partial charge in [0.15, 0.2) is 0 Å². The average molecular weight is 287 g/mol. The summed E-state index contributed by atoms with van der Waals surface area (Å²) in [6.07, 6.45) is 7.05. The summed E-state index contributed by atoms with van der Waals surface area (Å²) in [6.45, 7) is 9.60. The third-order valence-electron chi connectivity index (χ3n) is 5.68. The van der Waals surface area contributed by atoms with Crippen molar-refractivity contribution < 1.29 is 4.74 Å². The minimum atomic E-state index is 0.403. The fraction of sp³-hybridized carbons (Fsp3) is 0.684. The van der Waals surface area contributed by atoms with Gasteiger partial charge in [-0.15, -0.1) is 0 Å². The Hall–Kier alpha value is -1.02. The highest BCUT2D eigenvalue weighted by molar-refractivity contribution is 5.59. The van der Waals surface area contributed by atoms with Gasteiger partial charge in [0.25, 0.3) is 0 Å². The smallest absolute Gasteiger partial charge is 0.0670 e. The predicted molar refractivity (Wildman–Crippen MR) is 89.0 cm³/mol. The van der Waals surface area contributed by atoms with Crippen LogP contribution in [0.1, 0.15) is 55.7 Å². The molecule has 0 aromatic heterocycles. The van der Waals surface area contributed by atoms with Crippen molar-refractivity contribution >= 4 is 5.69 Å². The Kier molecular flexibility index (Phi) is 4.00. The molecule has 0 bridgehead atoms. The van der Waals surface area contributed by atoms with Gasteiger partial charge in [0.2, 0.25) is 0 Å². The highest BCUT2D eigenvalue weighted by Crippen LogP contribution is 2.55. The molecule has 2 unspecified atom stereocenters. The third-order valence-corrected chi connectivity index (χ3v) is 5.68. The van der Waals surface area contributed by atoms with Crippen molar-refractivity contribution in [2.75, 3.05) is 11.9 Å². The highest BCUT2D eigenvalue weighted by atomic mass is 16.5. The van der Waals surface area contributed by atoms with Gasteiger partial charge in [-0.3, -0.25) is 0 Å². The molecule has 2 atom stereocenters. The molecule has 0 amide bonds. The molecule has 2 aliphatic rings. The highest BCUT2D eigenvalue weighted by Gasteiger charge is 2.56. The number of nitrogens with one attached hydrogen (secondary N) is 1. The van der Waals surface area contributed by atoms with E-state index < -0.39 is 0 Å². The van der Waals surface area contributed by atoms with E-state index in [4.69, 9.17) is 4.74 Å². The van der Waals surface area contributed by atoms with Crippen LogP contribution in [-0.2, 0) is 4.74 Å². The molecule has 0 saturated heterocycles. The number of benzene rings is 1. The van der Waals surface area contributed by atoms with Crippen molar-refractivity contribution in [3.63, 3.8) is 0 Å². The van der Waals surface area contributed by atoms with E-state index in [1.807, 2.05) is 0 Å². The topological polar surface area (TPSA) is 21.3 Å². The van der Waals surface area contributed by atoms with Crippen LogP contribution in [0.2, 0.25) is 0 Å². The average Bonchev–Trinajstić information content (AvgIpc) is 2.92. The number of aryl methyl sites for hydroxylation is 3. The maximum absolute atomic E-state index is 6.02. The SMILES string of the molecule is CCOC1CC(Nc2c(C)cc(C)cc2C)C12CCCC2. The Bertz CT molecular complexity index is 493. The number of hydrogen-bond acceptors (Lipinski definition) is 2. The second-order valence-electron chi connectivity index (χ2n) is 7.09. The van der Waals surface area contributed by atoms with Crippen LogP contribution < -0.4 is 5.32 Å². The first kappa shape index (κ1) is 14.9. The lowest BCUT2D eigenvalue weighted by atomic mass is 9.60. The zero-order valence-corrected chi connectivity index (χ0v) is 14.0. The van der Waals surface area contributed by atoms with E-state index >= 15 is 0 Å². The normalized spacial score (nSPS) is 26.9. The molecular weight excluding hydrogens is 258 g/mol. The summed E-state index contributed by atoms with van der Waals surface area (Å²) in [5.74, 6) is 0. The van der Waals surface area contributed by atoms with Gasteiger partial charge in [-0.1, -0.05) is 30.5 Å². The van der Waals surface area contributed by atoms with Gasteiger partial charge in [0.05, 0.1) is 6.10 Å². The molecule has 3 rings (SSSR count). The third kappa shape index (κ3) is 2.48. The quantitative estimate of drug-likeness (QED) is 0.862. The zero-order valence-electron chi connectivity index (χ0n) is 14.0. The van der Waals surface area contributed by atoms with Crippen LogP contribution in [0.25, 0.3) is 0 Å². The predicted octanol–water partition coefficient (Wildman–Crippen LogP) is 4.76. The Morgan fingerprint density at radius 1 is 1.14 bits per heavy atom. The lowest BCUT2D eigenvalue weighted by molar-refractivity contribution is -0.114. The van der Waals surface area contributed by atoms with Crippen LogP contribution in [0.3, 0.4) is 0 Å². The summed E-state index contributed by atoms with van der Waals surface area (Å²) >= 11 is 0. The molecule has 1 N–H and O–H groups in total. The van der Waals surface area contributed by atoms with Crippen LogP contribution in [-0.4, -0.2) is 18.8 Å². The minimum absolute atomic E-state index is 0.403. The Labute approximate surface area is 129 Å². The Morgan fingerprint density at radius 3 is 2.33 bits per heavy atom. The number of ether oxygens (including phenoxy) is 1. The molecule has 2 nitrogen and oxygen atoms in total. The van der Waals surface area contributed by atoms with Crippen LogP contribution >= 0.6 is 0 Å². The van der Waals surface area contributed by atoms with Gasteiger partial charge in [-0.05, 0) is 58.1 Å². The van der Waals surface area contributed by atoms with E-state index in [2.05, 4.69) is 45.1 Å². The van der Waals surface area contributed by atoms with Gasteiger partial charge in [-0.2, -0.15) is 0 Å². The largest absolute Gasteiger partial charge is 0.381 e. The summed E-state index contributed by atoms with van der Waals surface area (Å²) in [5, 5.41) is 3.88. The van der Waals surface area contributed by atoms with Crippen molar-refractivity contribution in [2.45, 2.75) is 71.9 Å². The van der Waals surface area contributed by atoms with E-state index in [1.165, 1.54) is 54.5 Å². The molecule has 0 aliphatic heterocycles. The fourth-order valence-corrected chi connectivity index (χ4v) is 4.67. The number of anilines is 1. The van der Waals surface area contributed by atoms with Gasteiger partial charge in [0, 0.05) is 23.8 Å². The maximum atomic E-state index is 6.02. The summed E-state index contributed by atoms with van der Waals surface area (Å²) in [4.78, 5) is 0. The molecule has 1 aromatic carbocycles. The van der Waals surface area contributed by atoms with Crippen molar-refractivity contribution in [2.24, 2.45) is 5.41 Å². The molecule has 0 radical (unpaired) electrons. The summed E-state index contributed by atoms with van der Waals surface area (Å²) < 4.78 is 6.02. The molecule has 0 heterocycles. The van der Waals surface area contributed by atoms with Crippen LogP contribution in [0, 0.1) is 26.2 Å². The second kappa shape index (κ2) is 5.64. The molecule has 2 fully saturated rings. The van der Waals surface area contributed by atoms with Gasteiger partial charge in [0.1, 0.15) is 0 Å². The standard InChI is InChI=1S/C19H29NO/c1-5-21-17-12-16(19(17)8-6-7-9-19)20-18-14(3)10-13(2)11-15(18)4/h10-11,16-17,20H,5-9,12H2,1-4H3. The Balaban J connectivity index is 1.80. The molecule has 1 spiro atoms. The summed E-state index contributed by atoms with van der Waals surface area (Å²) in [7, 11) is 0. The molecule has 21 heavy (non-hydrogen) atoms. The number of hydrogen-bond donors (Lipinski definition) is 1. The van der Waals surface area contributed by atoms with Crippen molar-refractivity contribution in [3.05, 3.63) is 28.8 Å². The monoisotopic (exact) mass is 287 g/mol. The van der Waals surface area contributed by atoms with E-state index in [0.29, 0.717) is 17.6 Å². The Morgan fingerprint density at radius 2 is 1.76 bits per heavy atom. The van der Waals surface area contributed by atoms with Crippen LogP contribution in [0.15, 0.2) is 12.1 Å². The molecule has 2 aliphatic carbocycles. The van der Waals surface area contributed by atoms with Crippen molar-refractivity contribution in [1.29, 1.82) is 0 Å².